The minimum Gasteiger partial charge on any atom is -0.476 e. The predicted molar refractivity (Wildman–Crippen MR) is 130 cm³/mol. The van der Waals surface area contributed by atoms with Crippen molar-refractivity contribution in [3.63, 3.8) is 0 Å². The molecule has 3 N–H and O–H groups in total. The second kappa shape index (κ2) is 9.32. The summed E-state index contributed by atoms with van der Waals surface area (Å²) in [5.41, 5.74) is 5.48. The Morgan fingerprint density at radius 1 is 1.29 bits per heavy atom. The molecule has 10 nitrogen and oxygen atoms in total. The first-order valence-corrected chi connectivity index (χ1v) is 11.5. The smallest absolute Gasteiger partial charge is 0.240 e. The minimum atomic E-state index is -0.105. The van der Waals surface area contributed by atoms with Crippen molar-refractivity contribution in [2.45, 2.75) is 33.0 Å². The molecule has 34 heavy (non-hydrogen) atoms. The van der Waals surface area contributed by atoms with Gasteiger partial charge in [-0.15, -0.1) is 5.10 Å². The number of benzene rings is 1. The topological polar surface area (TPSA) is 115 Å². The van der Waals surface area contributed by atoms with Crippen molar-refractivity contribution in [3.8, 4) is 22.9 Å². The number of aromatic nitrogens is 6. The average Bonchev–Trinajstić information content (AvgIpc) is 3.49. The molecule has 0 radical (unpaired) electrons. The van der Waals surface area contributed by atoms with Gasteiger partial charge in [0.05, 0.1) is 54.0 Å². The van der Waals surface area contributed by atoms with Crippen LogP contribution in [0.5, 0.6) is 11.8 Å². The molecule has 178 valence electrons. The maximum Gasteiger partial charge on any atom is 0.240 e. The number of hydrogen-bond acceptors (Lipinski definition) is 7. The number of nitrogens with one attached hydrogen (secondary N) is 2. The largest absolute Gasteiger partial charge is 0.476 e. The third-order valence-corrected chi connectivity index (χ3v) is 5.89. The van der Waals surface area contributed by atoms with Crippen LogP contribution in [0.25, 0.3) is 34.2 Å². The highest BCUT2D eigenvalue weighted by molar-refractivity contribution is 5.93. The van der Waals surface area contributed by atoms with Crippen molar-refractivity contribution < 1.29 is 14.6 Å². The Morgan fingerprint density at radius 3 is 3.00 bits per heavy atom. The molecule has 0 aliphatic carbocycles. The number of aliphatic hydroxyl groups excluding tert-OH is 1. The van der Waals surface area contributed by atoms with Gasteiger partial charge in [-0.25, -0.2) is 4.68 Å². The zero-order valence-electron chi connectivity index (χ0n) is 19.6. The van der Waals surface area contributed by atoms with E-state index < -0.39 is 0 Å². The van der Waals surface area contributed by atoms with Crippen molar-refractivity contribution in [2.75, 3.05) is 19.8 Å². The van der Waals surface area contributed by atoms with Crippen LogP contribution in [0.4, 0.5) is 0 Å². The van der Waals surface area contributed by atoms with Gasteiger partial charge in [-0.3, -0.25) is 9.78 Å². The van der Waals surface area contributed by atoms with Gasteiger partial charge >= 0.3 is 0 Å². The molecule has 0 amide bonds. The Labute approximate surface area is 197 Å². The molecule has 4 heterocycles. The summed E-state index contributed by atoms with van der Waals surface area (Å²) < 4.78 is 15.7. The van der Waals surface area contributed by atoms with Gasteiger partial charge < -0.3 is 19.9 Å². The lowest BCUT2D eigenvalue weighted by Gasteiger charge is -2.17. The Kier molecular flexibility index (Phi) is 6.08. The first-order chi connectivity index (χ1) is 16.6. The summed E-state index contributed by atoms with van der Waals surface area (Å²) in [5, 5.41) is 30.7. The third-order valence-electron chi connectivity index (χ3n) is 5.89. The molecule has 0 unspecified atom stereocenters. The Hall–Kier alpha value is -3.63. The van der Waals surface area contributed by atoms with E-state index in [0.29, 0.717) is 38.0 Å². The normalized spacial score (nSPS) is 17.0. The van der Waals surface area contributed by atoms with E-state index in [4.69, 9.17) is 9.47 Å². The fourth-order valence-corrected chi connectivity index (χ4v) is 4.24. The molecule has 10 heteroatoms. The fourth-order valence-electron chi connectivity index (χ4n) is 4.24. The summed E-state index contributed by atoms with van der Waals surface area (Å²) in [6, 6.07) is 6.17. The first-order valence-electron chi connectivity index (χ1n) is 11.5. The predicted octanol–water partition coefficient (Wildman–Crippen LogP) is 2.59. The molecule has 0 spiro atoms. The van der Waals surface area contributed by atoms with Crippen molar-refractivity contribution in [3.05, 3.63) is 41.3 Å². The van der Waals surface area contributed by atoms with Gasteiger partial charge in [-0.2, -0.15) is 10.2 Å². The van der Waals surface area contributed by atoms with Gasteiger partial charge in [-0.1, -0.05) is 6.07 Å². The highest BCUT2D eigenvalue weighted by Gasteiger charge is 2.20. The van der Waals surface area contributed by atoms with Crippen molar-refractivity contribution in [1.29, 1.82) is 0 Å². The SMILES string of the molecule is CCOc1nn(CCO)c2c1/C=C/c1n[nH]c3ccc(cc13)-c1cnn(C)c1O[C@@H](C)CNC2. The molecule has 1 aromatic carbocycles. The van der Waals surface area contributed by atoms with Crippen LogP contribution >= 0.6 is 0 Å². The molecule has 2 bridgehead atoms. The number of aromatic amines is 1. The number of H-pyrrole nitrogens is 1. The van der Waals surface area contributed by atoms with E-state index in [1.54, 1.807) is 9.36 Å². The lowest BCUT2D eigenvalue weighted by molar-refractivity contribution is 0.199. The van der Waals surface area contributed by atoms with E-state index >= 15 is 0 Å². The molecule has 0 fully saturated rings. The maximum atomic E-state index is 9.58. The Morgan fingerprint density at radius 2 is 2.18 bits per heavy atom. The molecule has 5 rings (SSSR count). The standard InChI is InChI=1S/C24H29N7O3/c1-4-33-23-17-6-8-21-18-11-16(5-7-20(18)27-28-21)19-13-26-30(3)24(19)34-15(2)12-25-14-22(17)31(29-23)9-10-32/h5-8,11,13,15,25,32H,4,9-10,12,14H2,1-3H3,(H,27,28)/b8-6+/t15-/m0/s1. The molecule has 0 saturated heterocycles. The van der Waals surface area contributed by atoms with Gasteiger partial charge in [0.2, 0.25) is 11.8 Å². The second-order valence-electron chi connectivity index (χ2n) is 8.29. The van der Waals surface area contributed by atoms with Gasteiger partial charge in [0.25, 0.3) is 0 Å². The summed E-state index contributed by atoms with van der Waals surface area (Å²) in [7, 11) is 1.88. The van der Waals surface area contributed by atoms with Gasteiger partial charge in [0, 0.05) is 25.5 Å². The number of aliphatic hydroxyl groups is 1. The zero-order valence-corrected chi connectivity index (χ0v) is 19.6. The quantitative estimate of drug-likeness (QED) is 0.426. The number of nitrogens with zero attached hydrogens (tertiary/aromatic N) is 5. The molecular weight excluding hydrogens is 434 g/mol. The van der Waals surface area contributed by atoms with E-state index in [1.165, 1.54) is 0 Å². The molecular formula is C24H29N7O3. The van der Waals surface area contributed by atoms with Crippen LogP contribution in [-0.2, 0) is 20.1 Å². The molecule has 0 saturated carbocycles. The van der Waals surface area contributed by atoms with Crippen molar-refractivity contribution >= 4 is 23.1 Å². The van der Waals surface area contributed by atoms with E-state index in [-0.39, 0.29) is 12.7 Å². The highest BCUT2D eigenvalue weighted by atomic mass is 16.5. The van der Waals surface area contributed by atoms with Crippen LogP contribution in [0.2, 0.25) is 0 Å². The average molecular weight is 464 g/mol. The van der Waals surface area contributed by atoms with Crippen molar-refractivity contribution in [1.82, 2.24) is 35.1 Å². The summed E-state index contributed by atoms with van der Waals surface area (Å²) in [6.07, 6.45) is 5.68. The highest BCUT2D eigenvalue weighted by Crippen LogP contribution is 2.33. The molecule has 1 atom stereocenters. The van der Waals surface area contributed by atoms with E-state index in [2.05, 4.69) is 31.8 Å². The lowest BCUT2D eigenvalue weighted by Crippen LogP contribution is -2.30. The first kappa shape index (κ1) is 22.2. The number of ether oxygens (including phenoxy) is 2. The van der Waals surface area contributed by atoms with Gasteiger partial charge in [0.1, 0.15) is 6.10 Å². The van der Waals surface area contributed by atoms with Crippen LogP contribution in [0, 0.1) is 0 Å². The van der Waals surface area contributed by atoms with Gasteiger partial charge in [-0.05, 0) is 43.7 Å². The van der Waals surface area contributed by atoms with Crippen LogP contribution in [-0.4, -0.2) is 60.7 Å². The summed E-state index contributed by atoms with van der Waals surface area (Å²) >= 11 is 0. The summed E-state index contributed by atoms with van der Waals surface area (Å²) in [4.78, 5) is 0. The summed E-state index contributed by atoms with van der Waals surface area (Å²) in [5.74, 6) is 1.25. The van der Waals surface area contributed by atoms with Crippen LogP contribution in [0.3, 0.4) is 0 Å². The van der Waals surface area contributed by atoms with Crippen LogP contribution < -0.4 is 14.8 Å². The number of hydrogen-bond donors (Lipinski definition) is 3. The molecule has 3 aromatic heterocycles. The molecule has 1 aliphatic heterocycles. The summed E-state index contributed by atoms with van der Waals surface area (Å²) in [6.45, 7) is 5.97. The molecule has 4 aromatic rings. The van der Waals surface area contributed by atoms with E-state index in [1.807, 2.05) is 51.4 Å². The van der Waals surface area contributed by atoms with Crippen LogP contribution in [0.15, 0.2) is 24.4 Å². The van der Waals surface area contributed by atoms with Crippen molar-refractivity contribution in [2.24, 2.45) is 7.05 Å². The Balaban J connectivity index is 1.66. The number of fused-ring (bicyclic) bond motifs is 4. The number of rotatable bonds is 4. The lowest BCUT2D eigenvalue weighted by atomic mass is 10.1. The number of aryl methyl sites for hydroxylation is 1. The zero-order chi connectivity index (χ0) is 23.7. The minimum absolute atomic E-state index is 0.0149. The van der Waals surface area contributed by atoms with E-state index in [0.717, 1.165) is 39.0 Å². The third kappa shape index (κ3) is 4.06. The van der Waals surface area contributed by atoms with E-state index in [9.17, 15) is 5.11 Å². The Bertz CT molecular complexity index is 1330. The maximum absolute atomic E-state index is 9.58. The van der Waals surface area contributed by atoms with Gasteiger partial charge in [0.15, 0.2) is 0 Å². The monoisotopic (exact) mass is 463 g/mol. The molecule has 1 aliphatic rings. The second-order valence-corrected chi connectivity index (χ2v) is 8.29. The fraction of sp³-hybridized carbons (Fsp3) is 0.375. The van der Waals surface area contributed by atoms with Crippen LogP contribution in [0.1, 0.15) is 30.8 Å².